The van der Waals surface area contributed by atoms with Gasteiger partial charge in [0.2, 0.25) is 0 Å². The fourth-order valence-corrected chi connectivity index (χ4v) is 6.41. The van der Waals surface area contributed by atoms with Crippen molar-refractivity contribution < 1.29 is 51.7 Å². The summed E-state index contributed by atoms with van der Waals surface area (Å²) >= 11 is 4.25. The third-order valence-corrected chi connectivity index (χ3v) is 8.17. The SMILES string of the molecule is CC(C)(C)OC(=O)NCCN(CCCN(C(=O)OC(C)(C)C)c1cc(C(F)(F)F)cc2c1N(C(=O)O)c1ccc(Br)cc1S2)C(=O)OC(C)(C)C. The van der Waals surface area contributed by atoms with Crippen LogP contribution in [0.3, 0.4) is 0 Å². The summed E-state index contributed by atoms with van der Waals surface area (Å²) in [5.41, 5.74) is -4.15. The van der Waals surface area contributed by atoms with Crippen LogP contribution in [0.5, 0.6) is 0 Å². The van der Waals surface area contributed by atoms with Gasteiger partial charge in [0.05, 0.1) is 22.6 Å². The van der Waals surface area contributed by atoms with Crippen molar-refractivity contribution in [3.63, 3.8) is 0 Å². The zero-order valence-corrected chi connectivity index (χ0v) is 32.4. The number of ether oxygens (including phenoxy) is 3. The highest BCUT2D eigenvalue weighted by Crippen LogP contribution is 2.54. The van der Waals surface area contributed by atoms with Gasteiger partial charge in [-0.25, -0.2) is 24.1 Å². The minimum Gasteiger partial charge on any atom is -0.464 e. The Morgan fingerprint density at radius 1 is 0.824 bits per heavy atom. The number of fused-ring (bicyclic) bond motifs is 2. The molecule has 0 atom stereocenters. The molecule has 1 aliphatic rings. The van der Waals surface area contributed by atoms with E-state index in [1.807, 2.05) is 0 Å². The number of hydrogen-bond donors (Lipinski definition) is 2. The lowest BCUT2D eigenvalue weighted by atomic mass is 10.1. The second-order valence-corrected chi connectivity index (χ2v) is 16.6. The van der Waals surface area contributed by atoms with Crippen LogP contribution < -0.4 is 15.1 Å². The number of nitrogens with one attached hydrogen (secondary N) is 1. The monoisotopic (exact) mass is 804 g/mol. The lowest BCUT2D eigenvalue weighted by molar-refractivity contribution is -0.137. The summed E-state index contributed by atoms with van der Waals surface area (Å²) in [6.07, 6.45) is -8.82. The number of alkyl halides is 3. The van der Waals surface area contributed by atoms with E-state index in [0.29, 0.717) is 9.37 Å². The molecule has 0 unspecified atom stereocenters. The molecule has 0 aromatic heterocycles. The molecule has 0 spiro atoms. The minimum atomic E-state index is -4.86. The molecule has 0 aliphatic carbocycles. The second-order valence-electron chi connectivity index (χ2n) is 14.6. The average molecular weight is 806 g/mol. The molecule has 0 bridgehead atoms. The molecule has 1 aliphatic heterocycles. The van der Waals surface area contributed by atoms with Crippen molar-refractivity contribution in [1.29, 1.82) is 0 Å². The lowest BCUT2D eigenvalue weighted by Crippen LogP contribution is -2.44. The van der Waals surface area contributed by atoms with Gasteiger partial charge in [0, 0.05) is 40.4 Å². The zero-order valence-electron chi connectivity index (χ0n) is 30.0. The third-order valence-electron chi connectivity index (χ3n) is 6.60. The summed E-state index contributed by atoms with van der Waals surface area (Å²) in [5.74, 6) is 0. The first-order valence-electron chi connectivity index (χ1n) is 16.0. The standard InChI is InChI=1S/C34H44BrF3N4O8S/c1-31(2,3)48-27(43)39-13-16-40(29(46)49-32(4,5)6)14-10-15-41(30(47)50-33(7,8)9)23-17-20(34(36,37)38)18-25-26(23)42(28(44)45)22-12-11-21(35)19-24(22)51-25/h11-12,17-19H,10,13-16H2,1-9H3,(H,39,43)(H,44,45). The molecule has 0 saturated carbocycles. The van der Waals surface area contributed by atoms with Crippen LogP contribution in [0.15, 0.2) is 44.6 Å². The molecule has 2 aromatic carbocycles. The average Bonchev–Trinajstić information content (AvgIpc) is 2.93. The quantitative estimate of drug-likeness (QED) is 0.250. The summed E-state index contributed by atoms with van der Waals surface area (Å²) in [4.78, 5) is 55.4. The van der Waals surface area contributed by atoms with Gasteiger partial charge in [-0.2, -0.15) is 13.2 Å². The number of anilines is 3. The number of halogens is 4. The van der Waals surface area contributed by atoms with Gasteiger partial charge in [-0.05, 0) is 99.1 Å². The molecular weight excluding hydrogens is 761 g/mol. The molecule has 4 amide bonds. The van der Waals surface area contributed by atoms with E-state index < -0.39 is 52.9 Å². The van der Waals surface area contributed by atoms with Crippen LogP contribution >= 0.6 is 27.7 Å². The molecule has 1 heterocycles. The summed E-state index contributed by atoms with van der Waals surface area (Å²) in [6, 6.07) is 6.26. The fourth-order valence-electron chi connectivity index (χ4n) is 4.73. The van der Waals surface area contributed by atoms with Crippen molar-refractivity contribution in [2.45, 2.75) is 102 Å². The normalized spacial score (nSPS) is 13.1. The van der Waals surface area contributed by atoms with Gasteiger partial charge in [0.1, 0.15) is 16.8 Å². The van der Waals surface area contributed by atoms with Gasteiger partial charge in [0.15, 0.2) is 0 Å². The van der Waals surface area contributed by atoms with Gasteiger partial charge in [-0.15, -0.1) is 0 Å². The first-order chi connectivity index (χ1) is 23.3. The van der Waals surface area contributed by atoms with Crippen LogP contribution in [0, 0.1) is 0 Å². The van der Waals surface area contributed by atoms with E-state index in [0.717, 1.165) is 33.7 Å². The predicted molar refractivity (Wildman–Crippen MR) is 190 cm³/mol. The van der Waals surface area contributed by atoms with Crippen LogP contribution in [0.4, 0.5) is 49.4 Å². The van der Waals surface area contributed by atoms with Gasteiger partial charge >= 0.3 is 30.5 Å². The number of rotatable bonds is 8. The van der Waals surface area contributed by atoms with Gasteiger partial charge in [-0.3, -0.25) is 4.90 Å². The maximum atomic E-state index is 14.4. The van der Waals surface area contributed by atoms with Crippen molar-refractivity contribution in [3.05, 3.63) is 40.4 Å². The predicted octanol–water partition coefficient (Wildman–Crippen LogP) is 9.64. The first-order valence-corrected chi connectivity index (χ1v) is 17.6. The lowest BCUT2D eigenvalue weighted by Gasteiger charge is -2.35. The summed E-state index contributed by atoms with van der Waals surface area (Å²) < 4.78 is 60.1. The van der Waals surface area contributed by atoms with Gasteiger partial charge in [-0.1, -0.05) is 27.7 Å². The van der Waals surface area contributed by atoms with E-state index in [9.17, 15) is 37.5 Å². The molecule has 51 heavy (non-hydrogen) atoms. The molecule has 282 valence electrons. The van der Waals surface area contributed by atoms with Crippen molar-refractivity contribution in [3.8, 4) is 0 Å². The number of hydrogen-bond acceptors (Lipinski definition) is 8. The van der Waals surface area contributed by atoms with Crippen LogP contribution in [0.2, 0.25) is 0 Å². The molecule has 17 heteroatoms. The van der Waals surface area contributed by atoms with E-state index in [2.05, 4.69) is 21.2 Å². The largest absolute Gasteiger partial charge is 0.464 e. The molecule has 3 rings (SSSR count). The highest BCUT2D eigenvalue weighted by Gasteiger charge is 2.39. The molecule has 0 fully saturated rings. The maximum absolute atomic E-state index is 14.4. The van der Waals surface area contributed by atoms with Crippen LogP contribution in [0.25, 0.3) is 0 Å². The van der Waals surface area contributed by atoms with Gasteiger partial charge in [0.25, 0.3) is 0 Å². The van der Waals surface area contributed by atoms with E-state index in [1.54, 1.807) is 74.4 Å². The third kappa shape index (κ3) is 12.1. The van der Waals surface area contributed by atoms with Crippen molar-refractivity contribution in [2.75, 3.05) is 36.0 Å². The molecule has 2 N–H and O–H groups in total. The highest BCUT2D eigenvalue weighted by atomic mass is 79.9. The van der Waals surface area contributed by atoms with Gasteiger partial charge < -0.3 is 29.5 Å². The fraction of sp³-hybridized carbons (Fsp3) is 0.529. The Labute approximate surface area is 308 Å². The van der Waals surface area contributed by atoms with E-state index >= 15 is 0 Å². The maximum Gasteiger partial charge on any atom is 0.416 e. The number of alkyl carbamates (subject to hydrolysis) is 1. The van der Waals surface area contributed by atoms with E-state index in [-0.39, 0.29) is 54.6 Å². The Hall–Kier alpha value is -3.86. The zero-order chi connectivity index (χ0) is 38.7. The molecular formula is C34H44BrF3N4O8S. The summed E-state index contributed by atoms with van der Waals surface area (Å²) in [5, 5.41) is 13.0. The Kier molecular flexibility index (Phi) is 12.9. The number of carbonyl (C=O) groups is 4. The Balaban J connectivity index is 2.06. The molecule has 2 aromatic rings. The number of nitrogens with zero attached hydrogens (tertiary/aromatic N) is 3. The first kappa shape index (κ1) is 41.6. The van der Waals surface area contributed by atoms with Crippen molar-refractivity contribution in [2.24, 2.45) is 0 Å². The second kappa shape index (κ2) is 15.8. The Morgan fingerprint density at radius 3 is 1.96 bits per heavy atom. The Morgan fingerprint density at radius 2 is 1.41 bits per heavy atom. The highest BCUT2D eigenvalue weighted by molar-refractivity contribution is 9.10. The topological polar surface area (TPSA) is 138 Å². The Bertz CT molecular complexity index is 1640. The van der Waals surface area contributed by atoms with Crippen molar-refractivity contribution in [1.82, 2.24) is 10.2 Å². The number of benzene rings is 2. The number of carbonyl (C=O) groups excluding carboxylic acids is 3. The molecule has 0 saturated heterocycles. The van der Waals surface area contributed by atoms with Crippen LogP contribution in [-0.2, 0) is 20.4 Å². The van der Waals surface area contributed by atoms with Crippen molar-refractivity contribution >= 4 is 69.1 Å². The van der Waals surface area contributed by atoms with E-state index in [4.69, 9.17) is 14.2 Å². The molecule has 0 radical (unpaired) electrons. The number of carboxylic acid groups (broad SMARTS) is 1. The van der Waals surface area contributed by atoms with Crippen LogP contribution in [-0.4, -0.2) is 77.4 Å². The summed E-state index contributed by atoms with van der Waals surface area (Å²) in [6.45, 7) is 14.4. The van der Waals surface area contributed by atoms with E-state index in [1.165, 1.54) is 11.0 Å². The molecule has 12 nitrogen and oxygen atoms in total. The summed E-state index contributed by atoms with van der Waals surface area (Å²) in [7, 11) is 0. The minimum absolute atomic E-state index is 0.0142. The van der Waals surface area contributed by atoms with Crippen LogP contribution in [0.1, 0.15) is 74.3 Å². The smallest absolute Gasteiger partial charge is 0.416 e. The number of amides is 4.